The Morgan fingerprint density at radius 1 is 1.00 bits per heavy atom. The predicted octanol–water partition coefficient (Wildman–Crippen LogP) is 2.99. The molecule has 0 spiro atoms. The number of hydrogen-bond acceptors (Lipinski definition) is 2. The standard InChI is InChI=1S/C14H30NO2/c1-5-7-8-9-11-15(3,4)12-10-13-17-14(16)6-2/h5-13H2,1-4H3/q+1. The molecule has 0 unspecified atom stereocenters. The summed E-state index contributed by atoms with van der Waals surface area (Å²) < 4.78 is 6.12. The fourth-order valence-corrected chi connectivity index (χ4v) is 1.86. The van der Waals surface area contributed by atoms with Gasteiger partial charge in [-0.2, -0.15) is 0 Å². The van der Waals surface area contributed by atoms with E-state index in [-0.39, 0.29) is 5.97 Å². The lowest BCUT2D eigenvalue weighted by molar-refractivity contribution is -0.890. The number of carbonyl (C=O) groups excluding carboxylic acids is 1. The Bertz CT molecular complexity index is 202. The van der Waals surface area contributed by atoms with Gasteiger partial charge < -0.3 is 9.22 Å². The van der Waals surface area contributed by atoms with Crippen LogP contribution in [0, 0.1) is 0 Å². The molecule has 0 bridgehead atoms. The number of unbranched alkanes of at least 4 members (excludes halogenated alkanes) is 3. The minimum absolute atomic E-state index is 0.0850. The van der Waals surface area contributed by atoms with Crippen molar-refractivity contribution in [3.05, 3.63) is 0 Å². The van der Waals surface area contributed by atoms with Crippen molar-refractivity contribution in [3.63, 3.8) is 0 Å². The molecule has 0 aliphatic rings. The van der Waals surface area contributed by atoms with Gasteiger partial charge in [0.25, 0.3) is 0 Å². The van der Waals surface area contributed by atoms with Gasteiger partial charge >= 0.3 is 5.97 Å². The second-order valence-corrected chi connectivity index (χ2v) is 5.37. The largest absolute Gasteiger partial charge is 0.465 e. The molecule has 0 aliphatic carbocycles. The SMILES string of the molecule is CCCCCC[N+](C)(C)CCCOC(=O)CC. The van der Waals surface area contributed by atoms with Gasteiger partial charge in [-0.15, -0.1) is 0 Å². The fraction of sp³-hybridized carbons (Fsp3) is 0.929. The zero-order valence-corrected chi connectivity index (χ0v) is 12.1. The van der Waals surface area contributed by atoms with Gasteiger partial charge in [0, 0.05) is 12.8 Å². The second kappa shape index (κ2) is 9.46. The van der Waals surface area contributed by atoms with Crippen molar-refractivity contribution >= 4 is 5.97 Å². The van der Waals surface area contributed by atoms with Crippen LogP contribution in [0.25, 0.3) is 0 Å². The number of carbonyl (C=O) groups is 1. The van der Waals surface area contributed by atoms with E-state index in [1.807, 2.05) is 6.92 Å². The van der Waals surface area contributed by atoms with Crippen LogP contribution < -0.4 is 0 Å². The summed E-state index contributed by atoms with van der Waals surface area (Å²) in [5.41, 5.74) is 0. The van der Waals surface area contributed by atoms with E-state index in [0.717, 1.165) is 17.4 Å². The highest BCUT2D eigenvalue weighted by atomic mass is 16.5. The Labute approximate surface area is 107 Å². The highest BCUT2D eigenvalue weighted by Gasteiger charge is 2.14. The molecule has 0 aromatic rings. The molecular formula is C14H30NO2+. The van der Waals surface area contributed by atoms with Crippen LogP contribution in [0.2, 0.25) is 0 Å². The van der Waals surface area contributed by atoms with E-state index in [1.165, 1.54) is 32.2 Å². The minimum Gasteiger partial charge on any atom is -0.465 e. The average molecular weight is 244 g/mol. The minimum atomic E-state index is -0.0850. The summed E-state index contributed by atoms with van der Waals surface area (Å²) in [7, 11) is 4.52. The van der Waals surface area contributed by atoms with Crippen molar-refractivity contribution < 1.29 is 14.0 Å². The highest BCUT2D eigenvalue weighted by molar-refractivity contribution is 5.68. The molecular weight excluding hydrogens is 214 g/mol. The quantitative estimate of drug-likeness (QED) is 0.335. The van der Waals surface area contributed by atoms with Crippen molar-refractivity contribution in [3.8, 4) is 0 Å². The Morgan fingerprint density at radius 3 is 2.24 bits per heavy atom. The van der Waals surface area contributed by atoms with Gasteiger partial charge in [0.05, 0.1) is 33.8 Å². The van der Waals surface area contributed by atoms with E-state index >= 15 is 0 Å². The monoisotopic (exact) mass is 244 g/mol. The lowest BCUT2D eigenvalue weighted by Crippen LogP contribution is -2.41. The first-order valence-corrected chi connectivity index (χ1v) is 6.99. The smallest absolute Gasteiger partial charge is 0.305 e. The van der Waals surface area contributed by atoms with Gasteiger partial charge in [-0.25, -0.2) is 0 Å². The van der Waals surface area contributed by atoms with E-state index in [1.54, 1.807) is 0 Å². The van der Waals surface area contributed by atoms with Gasteiger partial charge in [0.15, 0.2) is 0 Å². The number of quaternary nitrogens is 1. The topological polar surface area (TPSA) is 26.3 Å². The molecule has 0 fully saturated rings. The summed E-state index contributed by atoms with van der Waals surface area (Å²) in [6.45, 7) is 6.95. The third-order valence-electron chi connectivity index (χ3n) is 3.08. The summed E-state index contributed by atoms with van der Waals surface area (Å²) >= 11 is 0. The maximum absolute atomic E-state index is 11.0. The lowest BCUT2D eigenvalue weighted by atomic mass is 10.2. The van der Waals surface area contributed by atoms with Crippen molar-refractivity contribution in [1.82, 2.24) is 0 Å². The number of hydrogen-bond donors (Lipinski definition) is 0. The summed E-state index contributed by atoms with van der Waals surface area (Å²) in [6, 6.07) is 0. The van der Waals surface area contributed by atoms with Gasteiger partial charge in [-0.05, 0) is 12.8 Å². The molecule has 102 valence electrons. The predicted molar refractivity (Wildman–Crippen MR) is 71.9 cm³/mol. The third kappa shape index (κ3) is 10.3. The van der Waals surface area contributed by atoms with E-state index in [2.05, 4.69) is 21.0 Å². The molecule has 0 heterocycles. The van der Waals surface area contributed by atoms with Gasteiger partial charge in [-0.3, -0.25) is 4.79 Å². The maximum Gasteiger partial charge on any atom is 0.305 e. The Kier molecular flexibility index (Phi) is 9.14. The second-order valence-electron chi connectivity index (χ2n) is 5.37. The van der Waals surface area contributed by atoms with Gasteiger partial charge in [0.1, 0.15) is 0 Å². The molecule has 0 aromatic heterocycles. The Hall–Kier alpha value is -0.570. The zero-order valence-electron chi connectivity index (χ0n) is 12.1. The van der Waals surface area contributed by atoms with Crippen molar-refractivity contribution in [1.29, 1.82) is 0 Å². The molecule has 0 amide bonds. The Balaban J connectivity index is 3.52. The Morgan fingerprint density at radius 2 is 1.65 bits per heavy atom. The molecule has 0 aliphatic heterocycles. The van der Waals surface area contributed by atoms with E-state index in [4.69, 9.17) is 4.74 Å². The highest BCUT2D eigenvalue weighted by Crippen LogP contribution is 2.06. The van der Waals surface area contributed by atoms with E-state index in [0.29, 0.717) is 13.0 Å². The van der Waals surface area contributed by atoms with E-state index < -0.39 is 0 Å². The van der Waals surface area contributed by atoms with Crippen LogP contribution in [0.1, 0.15) is 52.4 Å². The molecule has 0 aromatic carbocycles. The van der Waals surface area contributed by atoms with Crippen LogP contribution in [-0.4, -0.2) is 44.2 Å². The maximum atomic E-state index is 11.0. The number of ether oxygens (including phenoxy) is 1. The van der Waals surface area contributed by atoms with Crippen LogP contribution in [0.5, 0.6) is 0 Å². The molecule has 0 atom stereocenters. The molecule has 17 heavy (non-hydrogen) atoms. The van der Waals surface area contributed by atoms with Gasteiger partial charge in [0.2, 0.25) is 0 Å². The van der Waals surface area contributed by atoms with Crippen LogP contribution in [0.4, 0.5) is 0 Å². The molecule has 0 N–H and O–H groups in total. The molecule has 0 saturated heterocycles. The van der Waals surface area contributed by atoms with Crippen molar-refractivity contribution in [2.45, 2.75) is 52.4 Å². The number of nitrogens with zero attached hydrogens (tertiary/aromatic N) is 1. The normalized spacial score (nSPS) is 11.5. The van der Waals surface area contributed by atoms with Crippen LogP contribution >= 0.6 is 0 Å². The first kappa shape index (κ1) is 16.4. The van der Waals surface area contributed by atoms with Crippen LogP contribution in [0.15, 0.2) is 0 Å². The average Bonchev–Trinajstić information content (AvgIpc) is 2.30. The first-order valence-electron chi connectivity index (χ1n) is 6.99. The van der Waals surface area contributed by atoms with Crippen LogP contribution in [0.3, 0.4) is 0 Å². The third-order valence-corrected chi connectivity index (χ3v) is 3.08. The van der Waals surface area contributed by atoms with Crippen molar-refractivity contribution in [2.75, 3.05) is 33.8 Å². The fourth-order valence-electron chi connectivity index (χ4n) is 1.86. The molecule has 0 radical (unpaired) electrons. The van der Waals surface area contributed by atoms with Gasteiger partial charge in [-0.1, -0.05) is 26.7 Å². The first-order chi connectivity index (χ1) is 8.02. The van der Waals surface area contributed by atoms with E-state index in [9.17, 15) is 4.79 Å². The summed E-state index contributed by atoms with van der Waals surface area (Å²) in [5, 5.41) is 0. The zero-order chi connectivity index (χ0) is 13.1. The van der Waals surface area contributed by atoms with Crippen molar-refractivity contribution in [2.24, 2.45) is 0 Å². The molecule has 3 nitrogen and oxygen atoms in total. The molecule has 0 saturated carbocycles. The number of rotatable bonds is 10. The lowest BCUT2D eigenvalue weighted by Gasteiger charge is -2.29. The van der Waals surface area contributed by atoms with Crippen LogP contribution in [-0.2, 0) is 9.53 Å². The summed E-state index contributed by atoms with van der Waals surface area (Å²) in [6.07, 6.45) is 6.72. The summed E-state index contributed by atoms with van der Waals surface area (Å²) in [5.74, 6) is -0.0850. The molecule has 0 rings (SSSR count). The molecule has 3 heteroatoms. The summed E-state index contributed by atoms with van der Waals surface area (Å²) in [4.78, 5) is 11.0. The number of esters is 1.